The van der Waals surface area contributed by atoms with E-state index in [1.54, 1.807) is 6.92 Å². The number of carbonyl (C=O) groups excluding carboxylic acids is 1. The van der Waals surface area contributed by atoms with Crippen molar-refractivity contribution in [1.82, 2.24) is 0 Å². The van der Waals surface area contributed by atoms with Gasteiger partial charge in [0.1, 0.15) is 11.6 Å². The van der Waals surface area contributed by atoms with Crippen LogP contribution in [-0.4, -0.2) is 5.91 Å². The Labute approximate surface area is 127 Å². The second-order valence-corrected chi connectivity index (χ2v) is 5.45. The zero-order chi connectivity index (χ0) is 14.9. The monoisotopic (exact) mass is 359 g/mol. The van der Waals surface area contributed by atoms with Crippen LogP contribution in [0.15, 0.2) is 34.8 Å². The maximum absolute atomic E-state index is 13.6. The van der Waals surface area contributed by atoms with Crippen LogP contribution >= 0.6 is 27.5 Å². The van der Waals surface area contributed by atoms with E-state index in [2.05, 4.69) is 21.2 Å². The van der Waals surface area contributed by atoms with E-state index < -0.39 is 17.5 Å². The lowest BCUT2D eigenvalue weighted by Crippen LogP contribution is -2.14. The van der Waals surface area contributed by atoms with Gasteiger partial charge in [0, 0.05) is 10.7 Å². The molecule has 0 aliphatic rings. The maximum Gasteiger partial charge on any atom is 0.258 e. The fourth-order valence-electron chi connectivity index (χ4n) is 1.64. The summed E-state index contributed by atoms with van der Waals surface area (Å²) in [5, 5.41) is 2.71. The van der Waals surface area contributed by atoms with Crippen molar-refractivity contribution in [1.29, 1.82) is 0 Å². The quantitative estimate of drug-likeness (QED) is 0.807. The highest BCUT2D eigenvalue weighted by Gasteiger charge is 2.14. The van der Waals surface area contributed by atoms with Crippen molar-refractivity contribution in [3.8, 4) is 0 Å². The first-order chi connectivity index (χ1) is 9.38. The van der Waals surface area contributed by atoms with Crippen LogP contribution in [-0.2, 0) is 0 Å². The Kier molecular flexibility index (Phi) is 4.40. The normalized spacial score (nSPS) is 10.4. The summed E-state index contributed by atoms with van der Waals surface area (Å²) in [6, 6.07) is 6.36. The summed E-state index contributed by atoms with van der Waals surface area (Å²) < 4.78 is 27.3. The zero-order valence-electron chi connectivity index (χ0n) is 10.3. The van der Waals surface area contributed by atoms with Gasteiger partial charge in [0.15, 0.2) is 0 Å². The molecule has 0 heterocycles. The summed E-state index contributed by atoms with van der Waals surface area (Å²) >= 11 is 8.78. The van der Waals surface area contributed by atoms with Crippen molar-refractivity contribution in [3.63, 3.8) is 0 Å². The third kappa shape index (κ3) is 3.16. The van der Waals surface area contributed by atoms with Gasteiger partial charge in [0.25, 0.3) is 5.91 Å². The summed E-state index contributed by atoms with van der Waals surface area (Å²) in [5.74, 6) is -1.89. The fraction of sp³-hybridized carbons (Fsp3) is 0.0714. The molecule has 1 amide bonds. The summed E-state index contributed by atoms with van der Waals surface area (Å²) in [4.78, 5) is 12.0. The first kappa shape index (κ1) is 14.9. The molecule has 2 rings (SSSR count). The van der Waals surface area contributed by atoms with Crippen molar-refractivity contribution in [3.05, 3.63) is 62.6 Å². The molecule has 2 nitrogen and oxygen atoms in total. The van der Waals surface area contributed by atoms with E-state index in [0.29, 0.717) is 10.0 Å². The van der Waals surface area contributed by atoms with Gasteiger partial charge in [-0.25, -0.2) is 8.78 Å². The van der Waals surface area contributed by atoms with Crippen LogP contribution in [0.5, 0.6) is 0 Å². The van der Waals surface area contributed by atoms with Crippen LogP contribution in [0.4, 0.5) is 14.5 Å². The van der Waals surface area contributed by atoms with Gasteiger partial charge in [-0.2, -0.15) is 0 Å². The largest absolute Gasteiger partial charge is 0.322 e. The molecule has 0 aliphatic carbocycles. The molecule has 0 spiro atoms. The molecule has 0 saturated carbocycles. The van der Waals surface area contributed by atoms with Gasteiger partial charge >= 0.3 is 0 Å². The smallest absolute Gasteiger partial charge is 0.258 e. The van der Waals surface area contributed by atoms with E-state index in [0.717, 1.165) is 6.07 Å². The lowest BCUT2D eigenvalue weighted by atomic mass is 10.1. The van der Waals surface area contributed by atoms with Gasteiger partial charge in [0.05, 0.1) is 10.0 Å². The van der Waals surface area contributed by atoms with E-state index in [1.807, 2.05) is 0 Å². The average Bonchev–Trinajstić information content (AvgIpc) is 2.38. The second kappa shape index (κ2) is 5.89. The Bertz CT molecular complexity index is 691. The zero-order valence-corrected chi connectivity index (χ0v) is 12.6. The van der Waals surface area contributed by atoms with Gasteiger partial charge in [-0.15, -0.1) is 0 Å². The van der Waals surface area contributed by atoms with Gasteiger partial charge in [-0.05, 0) is 58.7 Å². The summed E-state index contributed by atoms with van der Waals surface area (Å²) in [6.45, 7) is 1.70. The number of rotatable bonds is 2. The first-order valence-electron chi connectivity index (χ1n) is 5.60. The molecule has 6 heteroatoms. The molecule has 104 valence electrons. The number of hydrogen-bond acceptors (Lipinski definition) is 1. The van der Waals surface area contributed by atoms with Crippen LogP contribution < -0.4 is 5.32 Å². The molecule has 0 saturated heterocycles. The van der Waals surface area contributed by atoms with Crippen LogP contribution in [0.3, 0.4) is 0 Å². The first-order valence-corrected chi connectivity index (χ1v) is 6.77. The Morgan fingerprint density at radius 3 is 2.60 bits per heavy atom. The number of hydrogen-bond donors (Lipinski definition) is 1. The Balaban J connectivity index is 2.32. The molecular formula is C14H9BrClF2NO. The lowest BCUT2D eigenvalue weighted by molar-refractivity contribution is 0.102. The number of benzene rings is 2. The van der Waals surface area contributed by atoms with Crippen molar-refractivity contribution < 1.29 is 13.6 Å². The minimum absolute atomic E-state index is 0.194. The number of nitrogens with one attached hydrogen (secondary N) is 1. The summed E-state index contributed by atoms with van der Waals surface area (Å²) in [5.41, 5.74) is 0.726. The predicted octanol–water partition coefficient (Wildman–Crippen LogP) is 4.94. The number of aryl methyl sites for hydroxylation is 1. The number of carbonyl (C=O) groups is 1. The molecule has 2 aromatic carbocycles. The van der Waals surface area contributed by atoms with Gasteiger partial charge < -0.3 is 5.32 Å². The molecule has 0 fully saturated rings. The number of halogens is 4. The molecular weight excluding hydrogens is 352 g/mol. The van der Waals surface area contributed by atoms with Gasteiger partial charge in [-0.3, -0.25) is 4.79 Å². The Morgan fingerprint density at radius 2 is 1.90 bits per heavy atom. The second-order valence-electron chi connectivity index (χ2n) is 4.16. The highest BCUT2D eigenvalue weighted by atomic mass is 79.9. The van der Waals surface area contributed by atoms with Crippen LogP contribution in [0.1, 0.15) is 15.9 Å². The summed E-state index contributed by atoms with van der Waals surface area (Å²) in [7, 11) is 0. The van der Waals surface area contributed by atoms with E-state index in [-0.39, 0.29) is 16.3 Å². The Hall–Kier alpha value is -1.46. The van der Waals surface area contributed by atoms with Crippen molar-refractivity contribution in [2.45, 2.75) is 6.92 Å². The van der Waals surface area contributed by atoms with Gasteiger partial charge in [-0.1, -0.05) is 11.6 Å². The third-order valence-corrected chi connectivity index (χ3v) is 3.53. The van der Waals surface area contributed by atoms with Crippen LogP contribution in [0.25, 0.3) is 0 Å². The standard InChI is InChI=1S/C14H9BrClF2NO/c1-7-4-10(15)12(18)6-13(7)19-14(20)9-5-8(16)2-3-11(9)17/h2-6H,1H3,(H,19,20). The van der Waals surface area contributed by atoms with E-state index in [9.17, 15) is 13.6 Å². The van der Waals surface area contributed by atoms with Crippen molar-refractivity contribution >= 4 is 39.1 Å². The van der Waals surface area contributed by atoms with E-state index >= 15 is 0 Å². The number of anilines is 1. The van der Waals surface area contributed by atoms with Gasteiger partial charge in [0.2, 0.25) is 0 Å². The van der Waals surface area contributed by atoms with E-state index in [4.69, 9.17) is 11.6 Å². The minimum atomic E-state index is -0.692. The molecule has 0 aromatic heterocycles. The number of amides is 1. The minimum Gasteiger partial charge on any atom is -0.322 e. The molecule has 1 N–H and O–H groups in total. The van der Waals surface area contributed by atoms with Crippen LogP contribution in [0, 0.1) is 18.6 Å². The molecule has 0 atom stereocenters. The average molecular weight is 361 g/mol. The van der Waals surface area contributed by atoms with Crippen molar-refractivity contribution in [2.75, 3.05) is 5.32 Å². The van der Waals surface area contributed by atoms with E-state index in [1.165, 1.54) is 24.3 Å². The predicted molar refractivity (Wildman–Crippen MR) is 78.2 cm³/mol. The highest BCUT2D eigenvalue weighted by Crippen LogP contribution is 2.25. The molecule has 20 heavy (non-hydrogen) atoms. The SMILES string of the molecule is Cc1cc(Br)c(F)cc1NC(=O)c1cc(Cl)ccc1F. The lowest BCUT2D eigenvalue weighted by Gasteiger charge is -2.10. The molecule has 0 bridgehead atoms. The maximum atomic E-state index is 13.6. The fourth-order valence-corrected chi connectivity index (χ4v) is 2.27. The Morgan fingerprint density at radius 1 is 1.20 bits per heavy atom. The topological polar surface area (TPSA) is 29.1 Å². The van der Waals surface area contributed by atoms with Crippen molar-refractivity contribution in [2.24, 2.45) is 0 Å². The molecule has 0 aliphatic heterocycles. The summed E-state index contributed by atoms with van der Waals surface area (Å²) in [6.07, 6.45) is 0. The highest BCUT2D eigenvalue weighted by molar-refractivity contribution is 9.10. The third-order valence-electron chi connectivity index (χ3n) is 2.69. The molecule has 0 unspecified atom stereocenters. The molecule has 2 aromatic rings. The van der Waals surface area contributed by atoms with Crippen LogP contribution in [0.2, 0.25) is 5.02 Å². The molecule has 0 radical (unpaired) electrons.